The first kappa shape index (κ1) is 11.7. The zero-order valence-corrected chi connectivity index (χ0v) is 8.57. The molecule has 0 bridgehead atoms. The Morgan fingerprint density at radius 2 is 2.08 bits per heavy atom. The third kappa shape index (κ3) is 6.42. The fraction of sp³-hybridized carbons (Fsp3) is 0.833. The molecule has 0 radical (unpaired) electrons. The number of sulfone groups is 1. The van der Waals surface area contributed by atoms with Crippen molar-refractivity contribution in [3.8, 4) is 0 Å². The Morgan fingerprint density at radius 1 is 1.58 bits per heavy atom. The van der Waals surface area contributed by atoms with Crippen molar-refractivity contribution >= 4 is 27.3 Å². The Labute approximate surface area is 77.2 Å². The van der Waals surface area contributed by atoms with E-state index in [0.29, 0.717) is 0 Å². The van der Waals surface area contributed by atoms with Gasteiger partial charge in [-0.2, -0.15) is 0 Å². The van der Waals surface area contributed by atoms with E-state index in [0.717, 1.165) is 6.26 Å². The van der Waals surface area contributed by atoms with Gasteiger partial charge in [-0.1, -0.05) is 0 Å². The lowest BCUT2D eigenvalue weighted by Crippen LogP contribution is -2.37. The lowest BCUT2D eigenvalue weighted by Gasteiger charge is -2.10. The monoisotopic (exact) mass is 213 g/mol. The van der Waals surface area contributed by atoms with Crippen molar-refractivity contribution in [2.45, 2.75) is 13.0 Å². The first-order valence-corrected chi connectivity index (χ1v) is 5.97. The number of carbonyl (C=O) groups is 1. The minimum atomic E-state index is -3.04. The number of alkyl halides is 1. The normalized spacial score (nSPS) is 13.9. The van der Waals surface area contributed by atoms with Gasteiger partial charge < -0.3 is 5.32 Å². The maximum absolute atomic E-state index is 10.7. The fourth-order valence-corrected chi connectivity index (χ4v) is 1.88. The van der Waals surface area contributed by atoms with Gasteiger partial charge in [0.1, 0.15) is 15.7 Å². The van der Waals surface area contributed by atoms with E-state index in [9.17, 15) is 13.2 Å². The summed E-state index contributed by atoms with van der Waals surface area (Å²) in [6.07, 6.45) is 1.12. The molecule has 0 fully saturated rings. The molecule has 1 amide bonds. The van der Waals surface area contributed by atoms with Crippen LogP contribution in [-0.4, -0.2) is 38.3 Å². The van der Waals surface area contributed by atoms with Crippen LogP contribution in [0, 0.1) is 0 Å². The second kappa shape index (κ2) is 4.67. The highest BCUT2D eigenvalue weighted by Crippen LogP contribution is 1.90. The number of amides is 1. The van der Waals surface area contributed by atoms with Crippen molar-refractivity contribution in [3.05, 3.63) is 0 Å². The van der Waals surface area contributed by atoms with E-state index in [1.54, 1.807) is 6.92 Å². The molecule has 0 saturated carbocycles. The molecule has 6 heteroatoms. The number of rotatable bonds is 4. The molecule has 1 atom stereocenters. The van der Waals surface area contributed by atoms with Crippen LogP contribution in [-0.2, 0) is 14.6 Å². The lowest BCUT2D eigenvalue weighted by molar-refractivity contribution is -0.119. The quantitative estimate of drug-likeness (QED) is 0.657. The zero-order chi connectivity index (χ0) is 9.78. The number of hydrogen-bond donors (Lipinski definition) is 1. The molecule has 0 aromatic heterocycles. The standard InChI is InChI=1S/C6H12ClNO3S/c1-5(4-12(2,10)11)8-6(9)3-7/h5H,3-4H2,1-2H3,(H,8,9). The predicted octanol–water partition coefficient (Wildman–Crippen LogP) is -0.226. The van der Waals surface area contributed by atoms with Crippen LogP contribution in [0.3, 0.4) is 0 Å². The van der Waals surface area contributed by atoms with Crippen LogP contribution < -0.4 is 5.32 Å². The van der Waals surface area contributed by atoms with E-state index >= 15 is 0 Å². The van der Waals surface area contributed by atoms with Crippen molar-refractivity contribution < 1.29 is 13.2 Å². The van der Waals surface area contributed by atoms with Crippen LogP contribution in [0.5, 0.6) is 0 Å². The number of nitrogens with one attached hydrogen (secondary N) is 1. The maximum atomic E-state index is 10.7. The molecule has 0 heterocycles. The van der Waals surface area contributed by atoms with E-state index < -0.39 is 9.84 Å². The predicted molar refractivity (Wildman–Crippen MR) is 48.0 cm³/mol. The Bertz CT molecular complexity index is 250. The third-order valence-electron chi connectivity index (χ3n) is 1.08. The van der Waals surface area contributed by atoms with Gasteiger partial charge in [0, 0.05) is 12.3 Å². The van der Waals surface area contributed by atoms with Gasteiger partial charge in [-0.05, 0) is 6.92 Å². The van der Waals surface area contributed by atoms with Crippen molar-refractivity contribution in [1.82, 2.24) is 5.32 Å². The van der Waals surface area contributed by atoms with E-state index in [2.05, 4.69) is 5.32 Å². The summed E-state index contributed by atoms with van der Waals surface area (Å²) >= 11 is 5.21. The summed E-state index contributed by atoms with van der Waals surface area (Å²) in [7, 11) is -3.04. The highest BCUT2D eigenvalue weighted by molar-refractivity contribution is 7.90. The first-order valence-electron chi connectivity index (χ1n) is 3.38. The van der Waals surface area contributed by atoms with Gasteiger partial charge in [0.2, 0.25) is 5.91 Å². The molecule has 72 valence electrons. The van der Waals surface area contributed by atoms with Crippen molar-refractivity contribution in [2.24, 2.45) is 0 Å². The average molecular weight is 214 g/mol. The summed E-state index contributed by atoms with van der Waals surface area (Å²) in [5, 5.41) is 2.44. The van der Waals surface area contributed by atoms with Crippen molar-refractivity contribution in [3.63, 3.8) is 0 Å². The molecule has 12 heavy (non-hydrogen) atoms. The van der Waals surface area contributed by atoms with E-state index in [1.165, 1.54) is 0 Å². The van der Waals surface area contributed by atoms with E-state index in [4.69, 9.17) is 11.6 Å². The summed E-state index contributed by atoms with van der Waals surface area (Å²) < 4.78 is 21.5. The molecule has 0 aliphatic rings. The highest BCUT2D eigenvalue weighted by Gasteiger charge is 2.11. The molecular formula is C6H12ClNO3S. The van der Waals surface area contributed by atoms with Crippen LogP contribution in [0.2, 0.25) is 0 Å². The molecule has 0 rings (SSSR count). The van der Waals surface area contributed by atoms with Gasteiger partial charge in [0.15, 0.2) is 0 Å². The molecule has 0 aliphatic heterocycles. The summed E-state index contributed by atoms with van der Waals surface area (Å²) in [5.41, 5.74) is 0. The van der Waals surface area contributed by atoms with Crippen LogP contribution in [0.1, 0.15) is 6.92 Å². The Balaban J connectivity index is 3.91. The summed E-state index contributed by atoms with van der Waals surface area (Å²) in [6, 6.07) is -0.383. The number of carbonyl (C=O) groups excluding carboxylic acids is 1. The molecule has 0 aromatic carbocycles. The van der Waals surface area contributed by atoms with Gasteiger partial charge in [-0.3, -0.25) is 4.79 Å². The SMILES string of the molecule is CC(CS(C)(=O)=O)NC(=O)CCl. The van der Waals surface area contributed by atoms with Crippen LogP contribution in [0.4, 0.5) is 0 Å². The van der Waals surface area contributed by atoms with Gasteiger partial charge in [0.05, 0.1) is 5.75 Å². The lowest BCUT2D eigenvalue weighted by atomic mass is 10.4. The molecule has 0 saturated heterocycles. The summed E-state index contributed by atoms with van der Waals surface area (Å²) in [5.74, 6) is -0.559. The van der Waals surface area contributed by atoms with Gasteiger partial charge >= 0.3 is 0 Å². The second-order valence-corrected chi connectivity index (χ2v) is 5.15. The fourth-order valence-electron chi connectivity index (χ4n) is 0.809. The van der Waals surface area contributed by atoms with Crippen LogP contribution >= 0.6 is 11.6 Å². The molecule has 4 nitrogen and oxygen atoms in total. The zero-order valence-electron chi connectivity index (χ0n) is 7.00. The third-order valence-corrected chi connectivity index (χ3v) is 2.43. The van der Waals surface area contributed by atoms with Crippen molar-refractivity contribution in [2.75, 3.05) is 17.9 Å². The Kier molecular flexibility index (Phi) is 4.55. The molecule has 0 aliphatic carbocycles. The minimum Gasteiger partial charge on any atom is -0.352 e. The van der Waals surface area contributed by atoms with Gasteiger partial charge in [0.25, 0.3) is 0 Å². The number of halogens is 1. The highest BCUT2D eigenvalue weighted by atomic mass is 35.5. The van der Waals surface area contributed by atoms with Crippen LogP contribution in [0.25, 0.3) is 0 Å². The molecule has 1 N–H and O–H groups in total. The Morgan fingerprint density at radius 3 is 2.42 bits per heavy atom. The van der Waals surface area contributed by atoms with E-state index in [-0.39, 0.29) is 23.6 Å². The smallest absolute Gasteiger partial charge is 0.235 e. The van der Waals surface area contributed by atoms with E-state index in [1.807, 2.05) is 0 Å². The van der Waals surface area contributed by atoms with Gasteiger partial charge in [-0.15, -0.1) is 11.6 Å². The molecule has 0 aromatic rings. The van der Waals surface area contributed by atoms with Crippen LogP contribution in [0.15, 0.2) is 0 Å². The minimum absolute atomic E-state index is 0.0599. The second-order valence-electron chi connectivity index (χ2n) is 2.69. The molecule has 1 unspecified atom stereocenters. The number of hydrogen-bond acceptors (Lipinski definition) is 3. The largest absolute Gasteiger partial charge is 0.352 e. The molecular weight excluding hydrogens is 202 g/mol. The molecule has 0 spiro atoms. The summed E-state index contributed by atoms with van der Waals surface area (Å²) in [6.45, 7) is 1.62. The maximum Gasteiger partial charge on any atom is 0.235 e. The summed E-state index contributed by atoms with van der Waals surface area (Å²) in [4.78, 5) is 10.7. The first-order chi connectivity index (χ1) is 5.35. The van der Waals surface area contributed by atoms with Gasteiger partial charge in [-0.25, -0.2) is 8.42 Å². The Hall–Kier alpha value is -0.290. The topological polar surface area (TPSA) is 63.2 Å². The average Bonchev–Trinajstić information content (AvgIpc) is 1.82. The van der Waals surface area contributed by atoms with Crippen molar-refractivity contribution in [1.29, 1.82) is 0 Å².